The van der Waals surface area contributed by atoms with Gasteiger partial charge in [-0.15, -0.1) is 0 Å². The highest BCUT2D eigenvalue weighted by Crippen LogP contribution is 2.22. The number of amides is 1. The molecule has 1 aliphatic heterocycles. The first-order valence-electron chi connectivity index (χ1n) is 8.11. The second-order valence-corrected chi connectivity index (χ2v) is 5.77. The maximum Gasteiger partial charge on any atom is 0.275 e. The molecule has 128 valence electrons. The molecule has 25 heavy (non-hydrogen) atoms. The molecule has 0 radical (unpaired) electrons. The van der Waals surface area contributed by atoms with Crippen LogP contribution in [0, 0.1) is 5.82 Å². The zero-order valence-electron chi connectivity index (χ0n) is 14.2. The number of aryl methyl sites for hydroxylation is 1. The lowest BCUT2D eigenvalue weighted by Crippen LogP contribution is -2.25. The Labute approximate surface area is 146 Å². The summed E-state index contributed by atoms with van der Waals surface area (Å²) >= 11 is 0. The summed E-state index contributed by atoms with van der Waals surface area (Å²) in [5.41, 5.74) is 3.23. The van der Waals surface area contributed by atoms with Gasteiger partial charge in [0.25, 0.3) is 5.91 Å². The van der Waals surface area contributed by atoms with E-state index in [1.165, 1.54) is 12.1 Å². The van der Waals surface area contributed by atoms with E-state index >= 15 is 0 Å². The van der Waals surface area contributed by atoms with Gasteiger partial charge in [0, 0.05) is 6.42 Å². The van der Waals surface area contributed by atoms with Gasteiger partial charge in [-0.3, -0.25) is 4.79 Å². The van der Waals surface area contributed by atoms with Crippen LogP contribution >= 0.6 is 0 Å². The third kappa shape index (κ3) is 3.94. The van der Waals surface area contributed by atoms with Crippen LogP contribution in [0.5, 0.6) is 5.75 Å². The fourth-order valence-electron chi connectivity index (χ4n) is 2.72. The molecule has 0 bridgehead atoms. The smallest absolute Gasteiger partial charge is 0.275 e. The van der Waals surface area contributed by atoms with Gasteiger partial charge in [-0.25, -0.2) is 9.38 Å². The molecular formula is C20H19FN2O2. The van der Waals surface area contributed by atoms with E-state index in [9.17, 15) is 9.18 Å². The molecule has 2 aromatic rings. The summed E-state index contributed by atoms with van der Waals surface area (Å²) in [5.74, 6) is 0.882. The summed E-state index contributed by atoms with van der Waals surface area (Å²) in [6.45, 7) is 2.05. The molecule has 3 rings (SSSR count). The molecular weight excluding hydrogens is 319 g/mol. The quantitative estimate of drug-likeness (QED) is 0.848. The van der Waals surface area contributed by atoms with Crippen molar-refractivity contribution < 1.29 is 13.9 Å². The highest BCUT2D eigenvalue weighted by atomic mass is 19.1. The first-order chi connectivity index (χ1) is 12.1. The maximum absolute atomic E-state index is 13.0. The lowest BCUT2D eigenvalue weighted by molar-refractivity contribution is -0.115. The average molecular weight is 338 g/mol. The molecule has 0 fully saturated rings. The Bertz CT molecular complexity index is 854. The van der Waals surface area contributed by atoms with Crippen LogP contribution in [0.1, 0.15) is 23.6 Å². The molecule has 0 unspecified atom stereocenters. The summed E-state index contributed by atoms with van der Waals surface area (Å²) in [6.07, 6.45) is 3.04. The Balaban J connectivity index is 1.82. The average Bonchev–Trinajstić information content (AvgIpc) is 2.96. The Morgan fingerprint density at radius 2 is 1.96 bits per heavy atom. The zero-order chi connectivity index (χ0) is 17.8. The Morgan fingerprint density at radius 1 is 1.20 bits per heavy atom. The molecule has 0 atom stereocenters. The van der Waals surface area contributed by atoms with E-state index in [1.807, 2.05) is 18.2 Å². The number of rotatable bonds is 5. The van der Waals surface area contributed by atoms with Gasteiger partial charge in [0.2, 0.25) is 0 Å². The van der Waals surface area contributed by atoms with Crippen LogP contribution in [-0.4, -0.2) is 18.9 Å². The molecule has 1 N–H and O–H groups in total. The zero-order valence-corrected chi connectivity index (χ0v) is 14.2. The normalized spacial score (nSPS) is 15.2. The van der Waals surface area contributed by atoms with Gasteiger partial charge in [0.05, 0.1) is 7.11 Å². The maximum atomic E-state index is 13.0. The third-order valence-electron chi connectivity index (χ3n) is 4.02. The molecule has 0 saturated carbocycles. The second kappa shape index (κ2) is 7.30. The van der Waals surface area contributed by atoms with Crippen molar-refractivity contribution in [2.24, 2.45) is 4.99 Å². The topological polar surface area (TPSA) is 50.7 Å². The number of aliphatic imine (C=N–C) groups is 1. The summed E-state index contributed by atoms with van der Waals surface area (Å²) in [7, 11) is 1.64. The number of hydrogen-bond donors (Lipinski definition) is 1. The van der Waals surface area contributed by atoms with E-state index in [-0.39, 0.29) is 11.7 Å². The van der Waals surface area contributed by atoms with Gasteiger partial charge in [-0.1, -0.05) is 25.1 Å². The number of methoxy groups -OCH3 is 1. The predicted octanol–water partition coefficient (Wildman–Crippen LogP) is 3.51. The fraction of sp³-hybridized carbons (Fsp3) is 0.200. The molecule has 0 aromatic heterocycles. The van der Waals surface area contributed by atoms with Gasteiger partial charge in [0.1, 0.15) is 23.1 Å². The van der Waals surface area contributed by atoms with Gasteiger partial charge < -0.3 is 10.1 Å². The minimum Gasteiger partial charge on any atom is -0.496 e. The minimum atomic E-state index is -0.284. The van der Waals surface area contributed by atoms with E-state index in [4.69, 9.17) is 4.74 Å². The molecule has 4 nitrogen and oxygen atoms in total. The van der Waals surface area contributed by atoms with Crippen LogP contribution in [0.3, 0.4) is 0 Å². The van der Waals surface area contributed by atoms with Crippen molar-refractivity contribution in [1.82, 2.24) is 5.32 Å². The lowest BCUT2D eigenvalue weighted by atomic mass is 10.1. The van der Waals surface area contributed by atoms with E-state index in [0.29, 0.717) is 18.0 Å². The Kier molecular flexibility index (Phi) is 4.93. The molecule has 0 spiro atoms. The Hall–Kier alpha value is -2.95. The summed E-state index contributed by atoms with van der Waals surface area (Å²) in [6, 6.07) is 11.9. The molecule has 5 heteroatoms. The molecule has 0 saturated heterocycles. The fourth-order valence-corrected chi connectivity index (χ4v) is 2.72. The minimum absolute atomic E-state index is 0.231. The standard InChI is InChI=1S/C20H19FN2O2/c1-3-15-10-14(6-9-18(15)25-2)11-17-20(24)23-19(22-17)12-13-4-7-16(21)8-5-13/h4-11H,3,12H2,1-2H3,(H,22,23,24)/b17-11+. The van der Waals surface area contributed by atoms with Crippen LogP contribution < -0.4 is 10.1 Å². The van der Waals surface area contributed by atoms with Crippen LogP contribution in [0.4, 0.5) is 4.39 Å². The van der Waals surface area contributed by atoms with Crippen molar-refractivity contribution >= 4 is 17.8 Å². The van der Waals surface area contributed by atoms with Crippen molar-refractivity contribution in [1.29, 1.82) is 0 Å². The number of benzene rings is 2. The van der Waals surface area contributed by atoms with Crippen molar-refractivity contribution in [2.75, 3.05) is 7.11 Å². The number of carbonyl (C=O) groups is 1. The summed E-state index contributed by atoms with van der Waals surface area (Å²) in [5, 5.41) is 2.76. The molecule has 1 aliphatic rings. The van der Waals surface area contributed by atoms with Crippen LogP contribution in [0.15, 0.2) is 53.2 Å². The number of amidine groups is 1. The van der Waals surface area contributed by atoms with Gasteiger partial charge in [-0.05, 0) is 53.5 Å². The summed E-state index contributed by atoms with van der Waals surface area (Å²) < 4.78 is 18.3. The highest BCUT2D eigenvalue weighted by molar-refractivity contribution is 6.14. The van der Waals surface area contributed by atoms with Crippen molar-refractivity contribution in [3.8, 4) is 5.75 Å². The molecule has 2 aromatic carbocycles. The third-order valence-corrected chi connectivity index (χ3v) is 4.02. The molecule has 1 amide bonds. The van der Waals surface area contributed by atoms with Gasteiger partial charge in [0.15, 0.2) is 0 Å². The number of hydrogen-bond acceptors (Lipinski definition) is 3. The largest absolute Gasteiger partial charge is 0.496 e. The monoisotopic (exact) mass is 338 g/mol. The van der Waals surface area contributed by atoms with E-state index in [0.717, 1.165) is 28.9 Å². The van der Waals surface area contributed by atoms with Gasteiger partial charge in [-0.2, -0.15) is 0 Å². The summed E-state index contributed by atoms with van der Waals surface area (Å²) in [4.78, 5) is 16.5. The highest BCUT2D eigenvalue weighted by Gasteiger charge is 2.20. The first-order valence-corrected chi connectivity index (χ1v) is 8.11. The van der Waals surface area contributed by atoms with Crippen molar-refractivity contribution in [3.63, 3.8) is 0 Å². The predicted molar refractivity (Wildman–Crippen MR) is 96.0 cm³/mol. The van der Waals surface area contributed by atoms with E-state index in [1.54, 1.807) is 25.3 Å². The number of ether oxygens (including phenoxy) is 1. The number of halogens is 1. The number of nitrogens with zero attached hydrogens (tertiary/aromatic N) is 1. The SMILES string of the molecule is CCc1cc(/C=C2/N=C(Cc3ccc(F)cc3)NC2=O)ccc1OC. The van der Waals surface area contributed by atoms with Crippen LogP contribution in [0.25, 0.3) is 6.08 Å². The number of nitrogens with one attached hydrogen (secondary N) is 1. The van der Waals surface area contributed by atoms with Crippen molar-refractivity contribution in [2.45, 2.75) is 19.8 Å². The van der Waals surface area contributed by atoms with E-state index in [2.05, 4.69) is 17.2 Å². The van der Waals surface area contributed by atoms with E-state index < -0.39 is 0 Å². The second-order valence-electron chi connectivity index (χ2n) is 5.77. The van der Waals surface area contributed by atoms with Crippen molar-refractivity contribution in [3.05, 3.63) is 70.7 Å². The molecule has 1 heterocycles. The van der Waals surface area contributed by atoms with Gasteiger partial charge >= 0.3 is 0 Å². The lowest BCUT2D eigenvalue weighted by Gasteiger charge is -2.07. The Morgan fingerprint density at radius 3 is 2.64 bits per heavy atom. The van der Waals surface area contributed by atoms with Crippen LogP contribution in [0.2, 0.25) is 0 Å². The first kappa shape index (κ1) is 16.9. The number of carbonyl (C=O) groups excluding carboxylic acids is 1. The van der Waals surface area contributed by atoms with Crippen LogP contribution in [-0.2, 0) is 17.6 Å². The molecule has 0 aliphatic carbocycles.